The van der Waals surface area contributed by atoms with Gasteiger partial charge >= 0.3 is 0 Å². The van der Waals surface area contributed by atoms with Crippen molar-refractivity contribution in [3.63, 3.8) is 0 Å². The van der Waals surface area contributed by atoms with Crippen LogP contribution in [0.2, 0.25) is 0 Å². The number of rotatable bonds is 11. The monoisotopic (exact) mass is 354 g/mol. The van der Waals surface area contributed by atoms with Crippen LogP contribution in [-0.2, 0) is 9.53 Å². The zero-order valence-electron chi connectivity index (χ0n) is 16.5. The number of likely N-dealkylation sites (tertiary alicyclic amines) is 1. The molecule has 146 valence electrons. The molecule has 0 aromatic rings. The lowest BCUT2D eigenvalue weighted by Crippen LogP contribution is -2.39. The van der Waals surface area contributed by atoms with Crippen LogP contribution in [0.15, 0.2) is 4.99 Å². The van der Waals surface area contributed by atoms with Crippen molar-refractivity contribution >= 4 is 11.9 Å². The minimum atomic E-state index is 0.310. The fourth-order valence-electron chi connectivity index (χ4n) is 2.73. The summed E-state index contributed by atoms with van der Waals surface area (Å²) in [5.74, 6) is 1.82. The van der Waals surface area contributed by atoms with Crippen molar-refractivity contribution in [2.45, 2.75) is 59.3 Å². The van der Waals surface area contributed by atoms with Gasteiger partial charge in [-0.15, -0.1) is 0 Å². The lowest BCUT2D eigenvalue weighted by atomic mass is 10.1. The number of carbonyl (C=O) groups excluding carboxylic acids is 1. The van der Waals surface area contributed by atoms with Crippen LogP contribution in [0.25, 0.3) is 0 Å². The highest BCUT2D eigenvalue weighted by molar-refractivity contribution is 5.79. The molecule has 1 heterocycles. The van der Waals surface area contributed by atoms with E-state index in [-0.39, 0.29) is 0 Å². The maximum Gasteiger partial charge on any atom is 0.222 e. The maximum atomic E-state index is 12.0. The van der Waals surface area contributed by atoms with Crippen LogP contribution in [0.5, 0.6) is 0 Å². The average molecular weight is 355 g/mol. The lowest BCUT2D eigenvalue weighted by Gasteiger charge is -2.20. The number of nitrogens with one attached hydrogen (secondary N) is 2. The first-order chi connectivity index (χ1) is 12.1. The molecule has 0 radical (unpaired) electrons. The van der Waals surface area contributed by atoms with Gasteiger partial charge in [-0.05, 0) is 38.5 Å². The van der Waals surface area contributed by atoms with Crippen molar-refractivity contribution in [1.29, 1.82) is 0 Å². The second-order valence-corrected chi connectivity index (χ2v) is 7.03. The highest BCUT2D eigenvalue weighted by Gasteiger charge is 2.15. The number of amides is 1. The van der Waals surface area contributed by atoms with E-state index in [4.69, 9.17) is 4.74 Å². The maximum absolute atomic E-state index is 12.0. The number of hydrogen-bond acceptors (Lipinski definition) is 3. The molecule has 25 heavy (non-hydrogen) atoms. The normalized spacial score (nSPS) is 16.2. The van der Waals surface area contributed by atoms with Crippen molar-refractivity contribution in [3.05, 3.63) is 0 Å². The molecule has 2 N–H and O–H groups in total. The van der Waals surface area contributed by atoms with E-state index in [1.807, 2.05) is 4.90 Å². The van der Waals surface area contributed by atoms with Crippen LogP contribution < -0.4 is 10.6 Å². The van der Waals surface area contributed by atoms with Gasteiger partial charge in [0.05, 0.1) is 6.61 Å². The van der Waals surface area contributed by atoms with Gasteiger partial charge in [-0.1, -0.05) is 20.3 Å². The van der Waals surface area contributed by atoms with Crippen LogP contribution in [0.3, 0.4) is 0 Å². The van der Waals surface area contributed by atoms with Gasteiger partial charge in [-0.25, -0.2) is 0 Å². The molecule has 1 aliphatic heterocycles. The second-order valence-electron chi connectivity index (χ2n) is 7.03. The third kappa shape index (κ3) is 11.0. The van der Waals surface area contributed by atoms with E-state index in [0.29, 0.717) is 24.9 Å². The molecule has 1 fully saturated rings. The van der Waals surface area contributed by atoms with E-state index in [1.54, 1.807) is 0 Å². The predicted molar refractivity (Wildman–Crippen MR) is 104 cm³/mol. The van der Waals surface area contributed by atoms with Crippen LogP contribution >= 0.6 is 0 Å². The van der Waals surface area contributed by atoms with E-state index in [9.17, 15) is 4.79 Å². The number of guanidine groups is 1. The quantitative estimate of drug-likeness (QED) is 0.340. The van der Waals surface area contributed by atoms with E-state index in [2.05, 4.69) is 36.4 Å². The molecule has 0 aromatic heterocycles. The molecule has 0 unspecified atom stereocenters. The molecule has 0 aromatic carbocycles. The fraction of sp³-hybridized carbons (Fsp3) is 0.895. The number of aliphatic imine (C=N–C) groups is 1. The van der Waals surface area contributed by atoms with E-state index >= 15 is 0 Å². The Hall–Kier alpha value is -1.30. The molecule has 0 aliphatic carbocycles. The lowest BCUT2D eigenvalue weighted by molar-refractivity contribution is -0.130. The standard InChI is InChI=1S/C19H38N4O2/c1-4-20-19(22-12-16-25-15-10-17(2)3)21-11-8-14-23-13-7-5-6-9-18(23)24/h17H,4-16H2,1-3H3,(H2,20,21,22). The van der Waals surface area contributed by atoms with Gasteiger partial charge in [0.15, 0.2) is 5.96 Å². The Morgan fingerprint density at radius 2 is 2.08 bits per heavy atom. The van der Waals surface area contributed by atoms with Gasteiger partial charge in [0.1, 0.15) is 0 Å². The van der Waals surface area contributed by atoms with Crippen LogP contribution in [0, 0.1) is 5.92 Å². The summed E-state index contributed by atoms with van der Waals surface area (Å²) in [6, 6.07) is 0. The van der Waals surface area contributed by atoms with Crippen molar-refractivity contribution in [1.82, 2.24) is 15.5 Å². The third-order valence-electron chi connectivity index (χ3n) is 4.25. The van der Waals surface area contributed by atoms with Crippen LogP contribution in [0.4, 0.5) is 0 Å². The summed E-state index contributed by atoms with van der Waals surface area (Å²) < 4.78 is 5.61. The number of carbonyl (C=O) groups is 1. The molecule has 0 bridgehead atoms. The van der Waals surface area contributed by atoms with Gasteiger partial charge in [-0.3, -0.25) is 9.79 Å². The van der Waals surface area contributed by atoms with Crippen molar-refractivity contribution in [2.24, 2.45) is 10.9 Å². The van der Waals surface area contributed by atoms with Gasteiger partial charge in [0.2, 0.25) is 5.91 Å². The summed E-state index contributed by atoms with van der Waals surface area (Å²) in [7, 11) is 0. The van der Waals surface area contributed by atoms with E-state index in [1.165, 1.54) is 6.42 Å². The average Bonchev–Trinajstić information content (AvgIpc) is 2.78. The van der Waals surface area contributed by atoms with Crippen LogP contribution in [-0.4, -0.2) is 62.7 Å². The number of hydrogen-bond donors (Lipinski definition) is 2. The summed E-state index contributed by atoms with van der Waals surface area (Å²) in [6.45, 7) is 12.0. The second kappa shape index (κ2) is 13.9. The highest BCUT2D eigenvalue weighted by Crippen LogP contribution is 2.11. The first kappa shape index (κ1) is 21.7. The molecule has 0 saturated carbocycles. The van der Waals surface area contributed by atoms with Gasteiger partial charge in [0.25, 0.3) is 0 Å². The Bertz CT molecular complexity index is 386. The molecular weight excluding hydrogens is 316 g/mol. The van der Waals surface area contributed by atoms with E-state index < -0.39 is 0 Å². The highest BCUT2D eigenvalue weighted by atomic mass is 16.5. The molecule has 6 heteroatoms. The molecule has 1 aliphatic rings. The number of nitrogens with zero attached hydrogens (tertiary/aromatic N) is 2. The summed E-state index contributed by atoms with van der Waals surface area (Å²) >= 11 is 0. The fourth-order valence-corrected chi connectivity index (χ4v) is 2.73. The zero-order valence-corrected chi connectivity index (χ0v) is 16.5. The summed E-state index contributed by atoms with van der Waals surface area (Å²) in [6.07, 6.45) is 6.08. The van der Waals surface area contributed by atoms with E-state index in [0.717, 1.165) is 71.0 Å². The SMILES string of the molecule is CCNC(=NCCCN1CCCCCC1=O)NCCOCCC(C)C. The summed E-state index contributed by atoms with van der Waals surface area (Å²) in [5, 5.41) is 6.55. The van der Waals surface area contributed by atoms with Crippen LogP contribution in [0.1, 0.15) is 59.3 Å². The Balaban J connectivity index is 2.19. The smallest absolute Gasteiger partial charge is 0.222 e. The number of ether oxygens (including phenoxy) is 1. The molecule has 6 nitrogen and oxygen atoms in total. The van der Waals surface area contributed by atoms with Gasteiger partial charge < -0.3 is 20.3 Å². The van der Waals surface area contributed by atoms with Crippen molar-refractivity contribution in [2.75, 3.05) is 45.9 Å². The molecule has 1 rings (SSSR count). The Kier molecular flexibility index (Phi) is 12.1. The molecule has 0 spiro atoms. The molecular formula is C19H38N4O2. The Labute approximate surface area is 153 Å². The molecule has 0 atom stereocenters. The van der Waals surface area contributed by atoms with Crippen molar-refractivity contribution in [3.8, 4) is 0 Å². The molecule has 1 amide bonds. The largest absolute Gasteiger partial charge is 0.380 e. The van der Waals surface area contributed by atoms with Gasteiger partial charge in [0, 0.05) is 45.8 Å². The first-order valence-corrected chi connectivity index (χ1v) is 10.0. The zero-order chi connectivity index (χ0) is 18.3. The third-order valence-corrected chi connectivity index (χ3v) is 4.25. The molecule has 1 saturated heterocycles. The van der Waals surface area contributed by atoms with Gasteiger partial charge in [-0.2, -0.15) is 0 Å². The summed E-state index contributed by atoms with van der Waals surface area (Å²) in [4.78, 5) is 18.6. The summed E-state index contributed by atoms with van der Waals surface area (Å²) in [5.41, 5.74) is 0. The first-order valence-electron chi connectivity index (χ1n) is 10.0. The Morgan fingerprint density at radius 1 is 1.24 bits per heavy atom. The topological polar surface area (TPSA) is 66.0 Å². The minimum Gasteiger partial charge on any atom is -0.380 e. The predicted octanol–water partition coefficient (Wildman–Crippen LogP) is 2.40. The van der Waals surface area contributed by atoms with Crippen molar-refractivity contribution < 1.29 is 9.53 Å². The minimum absolute atomic E-state index is 0.310. The Morgan fingerprint density at radius 3 is 2.84 bits per heavy atom.